The van der Waals surface area contributed by atoms with Crippen molar-refractivity contribution in [3.8, 4) is 11.4 Å². The van der Waals surface area contributed by atoms with Crippen LogP contribution in [0.2, 0.25) is 0 Å². The van der Waals surface area contributed by atoms with Gasteiger partial charge < -0.3 is 19.7 Å². The van der Waals surface area contributed by atoms with Gasteiger partial charge >= 0.3 is 6.18 Å². The number of piperazine rings is 1. The first-order valence-electron chi connectivity index (χ1n) is 15.5. The molecule has 1 aliphatic rings. The van der Waals surface area contributed by atoms with Crippen molar-refractivity contribution >= 4 is 39.7 Å². The van der Waals surface area contributed by atoms with Crippen molar-refractivity contribution in [2.75, 3.05) is 50.0 Å². The summed E-state index contributed by atoms with van der Waals surface area (Å²) in [4.78, 5) is 37.1. The molecule has 5 aromatic rings. The van der Waals surface area contributed by atoms with Gasteiger partial charge in [0.25, 0.3) is 5.91 Å². The Bertz CT molecular complexity index is 1880. The predicted molar refractivity (Wildman–Crippen MR) is 183 cm³/mol. The maximum absolute atomic E-state index is 13.9. The van der Waals surface area contributed by atoms with Gasteiger partial charge in [0.1, 0.15) is 0 Å². The van der Waals surface area contributed by atoms with E-state index in [1.807, 2.05) is 83.9 Å². The summed E-state index contributed by atoms with van der Waals surface area (Å²) in [5.74, 6) is -0.102. The molecule has 1 N–H and O–H groups in total. The average molecular weight is 673 g/mol. The molecule has 48 heavy (non-hydrogen) atoms. The largest absolute Gasteiger partial charge is 0.416 e. The van der Waals surface area contributed by atoms with Gasteiger partial charge in [0.05, 0.1) is 29.1 Å². The SMILES string of the molecule is Cc1c(C(=O)N2CCN(CC(=O)N(C)c3ccccc3)CC2)cc(-c2csc(Nc3cccc(C(F)(F)F)c3)n2)n1Cc1ccccc1. The summed E-state index contributed by atoms with van der Waals surface area (Å²) in [7, 11) is 1.77. The smallest absolute Gasteiger partial charge is 0.338 e. The Morgan fingerprint density at radius 3 is 2.29 bits per heavy atom. The normalized spacial score (nSPS) is 13.8. The number of aromatic nitrogens is 2. The van der Waals surface area contributed by atoms with Crippen LogP contribution in [0.3, 0.4) is 0 Å². The molecule has 0 atom stereocenters. The highest BCUT2D eigenvalue weighted by atomic mass is 32.1. The van der Waals surface area contributed by atoms with Crippen molar-refractivity contribution in [3.05, 3.63) is 119 Å². The van der Waals surface area contributed by atoms with E-state index >= 15 is 0 Å². The molecule has 6 rings (SSSR count). The monoisotopic (exact) mass is 672 g/mol. The van der Waals surface area contributed by atoms with Gasteiger partial charge in [-0.3, -0.25) is 14.5 Å². The van der Waals surface area contributed by atoms with E-state index in [0.29, 0.717) is 49.1 Å². The highest BCUT2D eigenvalue weighted by Gasteiger charge is 2.31. The molecule has 3 heterocycles. The molecule has 2 aromatic heterocycles. The number of hydrogen-bond donors (Lipinski definition) is 1. The summed E-state index contributed by atoms with van der Waals surface area (Å²) in [5.41, 5.74) is 4.13. The number of likely N-dealkylation sites (N-methyl/N-ethyl adjacent to an activating group) is 1. The van der Waals surface area contributed by atoms with Crippen LogP contribution in [0.5, 0.6) is 0 Å². The highest BCUT2D eigenvalue weighted by molar-refractivity contribution is 7.14. The van der Waals surface area contributed by atoms with Gasteiger partial charge in [-0.1, -0.05) is 54.6 Å². The minimum absolute atomic E-state index is 0.00960. The van der Waals surface area contributed by atoms with Gasteiger partial charge in [0, 0.05) is 62.2 Å². The van der Waals surface area contributed by atoms with E-state index in [0.717, 1.165) is 34.8 Å². The number of benzene rings is 3. The van der Waals surface area contributed by atoms with Crippen LogP contribution in [0, 0.1) is 6.92 Å². The molecule has 248 valence electrons. The van der Waals surface area contributed by atoms with E-state index in [1.165, 1.54) is 17.4 Å². The number of para-hydroxylation sites is 1. The van der Waals surface area contributed by atoms with E-state index in [2.05, 4.69) is 14.8 Å². The Kier molecular flexibility index (Phi) is 9.65. The lowest BCUT2D eigenvalue weighted by molar-refractivity contribution is -0.137. The first-order chi connectivity index (χ1) is 23.1. The number of nitrogens with zero attached hydrogens (tertiary/aromatic N) is 5. The second kappa shape index (κ2) is 14.0. The summed E-state index contributed by atoms with van der Waals surface area (Å²) in [6.07, 6.45) is -4.45. The zero-order valence-corrected chi connectivity index (χ0v) is 27.4. The Labute approximate surface area is 281 Å². The number of nitrogens with one attached hydrogen (secondary N) is 1. The van der Waals surface area contributed by atoms with Crippen LogP contribution in [0.25, 0.3) is 11.4 Å². The number of anilines is 3. The molecular weight excluding hydrogens is 637 g/mol. The van der Waals surface area contributed by atoms with Crippen molar-refractivity contribution in [2.45, 2.75) is 19.6 Å². The number of hydrogen-bond acceptors (Lipinski definition) is 6. The number of rotatable bonds is 9. The van der Waals surface area contributed by atoms with Crippen LogP contribution in [0.4, 0.5) is 29.7 Å². The summed E-state index contributed by atoms with van der Waals surface area (Å²) < 4.78 is 41.8. The summed E-state index contributed by atoms with van der Waals surface area (Å²) in [5, 5.41) is 5.27. The van der Waals surface area contributed by atoms with E-state index in [4.69, 9.17) is 4.98 Å². The lowest BCUT2D eigenvalue weighted by atomic mass is 10.2. The fourth-order valence-corrected chi connectivity index (χ4v) is 6.49. The molecule has 0 bridgehead atoms. The van der Waals surface area contributed by atoms with Crippen molar-refractivity contribution in [3.63, 3.8) is 0 Å². The Morgan fingerprint density at radius 2 is 1.60 bits per heavy atom. The molecule has 8 nitrogen and oxygen atoms in total. The fraction of sp³-hybridized carbons (Fsp3) is 0.250. The molecule has 0 spiro atoms. The third kappa shape index (κ3) is 7.45. The maximum Gasteiger partial charge on any atom is 0.416 e. The topological polar surface area (TPSA) is 73.7 Å². The van der Waals surface area contributed by atoms with Crippen molar-refractivity contribution in [1.82, 2.24) is 19.4 Å². The van der Waals surface area contributed by atoms with E-state index in [1.54, 1.807) is 18.0 Å². The molecule has 1 aliphatic heterocycles. The minimum atomic E-state index is -4.45. The summed E-state index contributed by atoms with van der Waals surface area (Å²) in [6.45, 7) is 4.82. The summed E-state index contributed by atoms with van der Waals surface area (Å²) >= 11 is 1.28. The fourth-order valence-electron chi connectivity index (χ4n) is 5.76. The van der Waals surface area contributed by atoms with Gasteiger partial charge in [-0.15, -0.1) is 11.3 Å². The maximum atomic E-state index is 13.9. The van der Waals surface area contributed by atoms with Gasteiger partial charge in [-0.2, -0.15) is 13.2 Å². The number of carbonyl (C=O) groups is 2. The van der Waals surface area contributed by atoms with Crippen LogP contribution in [-0.4, -0.2) is 70.9 Å². The van der Waals surface area contributed by atoms with Crippen molar-refractivity contribution < 1.29 is 22.8 Å². The van der Waals surface area contributed by atoms with Crippen LogP contribution in [-0.2, 0) is 17.5 Å². The van der Waals surface area contributed by atoms with Crippen LogP contribution in [0.15, 0.2) is 96.4 Å². The Hall–Kier alpha value is -4.94. The first-order valence-corrected chi connectivity index (χ1v) is 16.4. The first kappa shape index (κ1) is 33.0. The average Bonchev–Trinajstić information content (AvgIpc) is 3.68. The molecule has 3 aromatic carbocycles. The zero-order chi connectivity index (χ0) is 33.8. The minimum Gasteiger partial charge on any atom is -0.338 e. The lowest BCUT2D eigenvalue weighted by Crippen LogP contribution is -2.51. The highest BCUT2D eigenvalue weighted by Crippen LogP contribution is 2.34. The summed E-state index contributed by atoms with van der Waals surface area (Å²) in [6, 6.07) is 26.3. The second-order valence-corrected chi connectivity index (χ2v) is 12.6. The number of alkyl halides is 3. The molecule has 12 heteroatoms. The zero-order valence-electron chi connectivity index (χ0n) is 26.6. The number of halogens is 3. The molecule has 0 aliphatic carbocycles. The predicted octanol–water partition coefficient (Wildman–Crippen LogP) is 7.15. The number of amides is 2. The van der Waals surface area contributed by atoms with E-state index < -0.39 is 11.7 Å². The third-order valence-electron chi connectivity index (χ3n) is 8.52. The molecular formula is C36H35F3N6O2S. The number of thiazole rings is 1. The van der Waals surface area contributed by atoms with Crippen molar-refractivity contribution in [2.24, 2.45) is 0 Å². The Morgan fingerprint density at radius 1 is 0.917 bits per heavy atom. The molecule has 0 saturated carbocycles. The molecule has 0 unspecified atom stereocenters. The lowest BCUT2D eigenvalue weighted by Gasteiger charge is -2.35. The van der Waals surface area contributed by atoms with Gasteiger partial charge in [-0.05, 0) is 48.9 Å². The quantitative estimate of drug-likeness (QED) is 0.180. The third-order valence-corrected chi connectivity index (χ3v) is 9.28. The van der Waals surface area contributed by atoms with Crippen LogP contribution >= 0.6 is 11.3 Å². The molecule has 2 amide bonds. The van der Waals surface area contributed by atoms with E-state index in [-0.39, 0.29) is 24.0 Å². The van der Waals surface area contributed by atoms with Crippen molar-refractivity contribution in [1.29, 1.82) is 0 Å². The van der Waals surface area contributed by atoms with Gasteiger partial charge in [-0.25, -0.2) is 4.98 Å². The number of carbonyl (C=O) groups excluding carboxylic acids is 2. The van der Waals surface area contributed by atoms with Gasteiger partial charge in [0.15, 0.2) is 5.13 Å². The second-order valence-electron chi connectivity index (χ2n) is 11.7. The Balaban J connectivity index is 1.19. The molecule has 1 saturated heterocycles. The molecule has 1 fully saturated rings. The van der Waals surface area contributed by atoms with Crippen LogP contribution in [0.1, 0.15) is 27.2 Å². The van der Waals surface area contributed by atoms with E-state index in [9.17, 15) is 22.8 Å². The van der Waals surface area contributed by atoms with Gasteiger partial charge in [0.2, 0.25) is 5.91 Å². The standard InChI is InChI=1S/C36H35F3N6O2S/c1-25-30(34(47)44-18-16-43(17-19-44)23-33(46)42(2)29-14-7-4-8-15-29)21-32(45(25)22-26-10-5-3-6-11-26)31-24-48-35(41-31)40-28-13-9-12-27(20-28)36(37,38)39/h3-15,20-21,24H,16-19,22-23H2,1-2H3,(H,40,41). The van der Waals surface area contributed by atoms with Crippen LogP contribution < -0.4 is 10.2 Å². The molecule has 0 radical (unpaired) electrons.